The van der Waals surface area contributed by atoms with Crippen molar-refractivity contribution < 1.29 is 4.42 Å². The Labute approximate surface area is 96.1 Å². The van der Waals surface area contributed by atoms with Gasteiger partial charge in [0.15, 0.2) is 16.0 Å². The van der Waals surface area contributed by atoms with Gasteiger partial charge in [0.2, 0.25) is 0 Å². The summed E-state index contributed by atoms with van der Waals surface area (Å²) >= 11 is 7.18. The molecule has 0 saturated carbocycles. The smallest absolute Gasteiger partial charge is 0.194 e. The Morgan fingerprint density at radius 1 is 1.40 bits per heavy atom. The van der Waals surface area contributed by atoms with Gasteiger partial charge in [-0.15, -0.1) is 10.2 Å². The first kappa shape index (κ1) is 10.6. The molecule has 0 aliphatic carbocycles. The Balaban J connectivity index is 2.13. The second-order valence-corrected chi connectivity index (χ2v) is 4.43. The molecule has 0 aromatic carbocycles. The largest absolute Gasteiger partial charge is 0.442 e. The standard InChI is InChI=1S/C9H10ClN3OS/c10-7-4-3-6(14-7)9-13-12-8(15-9)2-1-5-11/h3-4H,1-2,5,11H2. The molecule has 6 heteroatoms. The Bertz CT molecular complexity index is 440. The van der Waals surface area contributed by atoms with Gasteiger partial charge in [-0.1, -0.05) is 11.3 Å². The predicted octanol–water partition coefficient (Wildman–Crippen LogP) is 2.34. The lowest BCUT2D eigenvalue weighted by atomic mass is 10.3. The zero-order chi connectivity index (χ0) is 10.7. The SMILES string of the molecule is NCCCc1nnc(-c2ccc(Cl)o2)s1. The third-order valence-electron chi connectivity index (χ3n) is 1.85. The van der Waals surface area contributed by atoms with Crippen molar-refractivity contribution in [2.75, 3.05) is 6.54 Å². The van der Waals surface area contributed by atoms with Gasteiger partial charge in [0.1, 0.15) is 5.01 Å². The van der Waals surface area contributed by atoms with Crippen LogP contribution in [-0.4, -0.2) is 16.7 Å². The summed E-state index contributed by atoms with van der Waals surface area (Å²) < 4.78 is 5.24. The van der Waals surface area contributed by atoms with Crippen molar-refractivity contribution in [2.24, 2.45) is 5.73 Å². The van der Waals surface area contributed by atoms with Crippen LogP contribution in [0, 0.1) is 0 Å². The van der Waals surface area contributed by atoms with E-state index in [-0.39, 0.29) is 0 Å². The molecule has 0 aliphatic heterocycles. The second kappa shape index (κ2) is 4.74. The summed E-state index contributed by atoms with van der Waals surface area (Å²) in [6, 6.07) is 3.48. The molecule has 2 rings (SSSR count). The molecule has 0 amide bonds. The van der Waals surface area contributed by atoms with Gasteiger partial charge in [-0.2, -0.15) is 0 Å². The second-order valence-electron chi connectivity index (χ2n) is 3.00. The van der Waals surface area contributed by atoms with Gasteiger partial charge in [0.25, 0.3) is 0 Å². The van der Waals surface area contributed by atoms with Crippen LogP contribution in [0.1, 0.15) is 11.4 Å². The van der Waals surface area contributed by atoms with E-state index < -0.39 is 0 Å². The van der Waals surface area contributed by atoms with E-state index in [0.29, 0.717) is 17.5 Å². The molecule has 0 aliphatic rings. The van der Waals surface area contributed by atoms with E-state index in [1.54, 1.807) is 12.1 Å². The summed E-state index contributed by atoms with van der Waals surface area (Å²) in [5.74, 6) is 0.663. The van der Waals surface area contributed by atoms with Crippen LogP contribution in [0.4, 0.5) is 0 Å². The van der Waals surface area contributed by atoms with Crippen LogP contribution >= 0.6 is 22.9 Å². The van der Waals surface area contributed by atoms with Crippen LogP contribution in [0.2, 0.25) is 5.22 Å². The first-order valence-electron chi connectivity index (χ1n) is 4.58. The Morgan fingerprint density at radius 2 is 2.27 bits per heavy atom. The van der Waals surface area contributed by atoms with Crippen molar-refractivity contribution in [3.05, 3.63) is 22.4 Å². The minimum absolute atomic E-state index is 0.365. The van der Waals surface area contributed by atoms with Gasteiger partial charge in [0.05, 0.1) is 0 Å². The van der Waals surface area contributed by atoms with Gasteiger partial charge in [0, 0.05) is 6.42 Å². The monoisotopic (exact) mass is 243 g/mol. The number of aromatic nitrogens is 2. The van der Waals surface area contributed by atoms with Crippen molar-refractivity contribution in [2.45, 2.75) is 12.8 Å². The molecule has 0 atom stereocenters. The van der Waals surface area contributed by atoms with Crippen LogP contribution < -0.4 is 5.73 Å². The zero-order valence-electron chi connectivity index (χ0n) is 7.94. The van der Waals surface area contributed by atoms with Gasteiger partial charge >= 0.3 is 0 Å². The first-order valence-corrected chi connectivity index (χ1v) is 5.77. The van der Waals surface area contributed by atoms with E-state index >= 15 is 0 Å². The number of hydrogen-bond donors (Lipinski definition) is 1. The highest BCUT2D eigenvalue weighted by Gasteiger charge is 2.09. The Morgan fingerprint density at radius 3 is 2.93 bits per heavy atom. The third kappa shape index (κ3) is 2.56. The van der Waals surface area contributed by atoms with E-state index in [1.165, 1.54) is 11.3 Å². The van der Waals surface area contributed by atoms with E-state index in [1.807, 2.05) is 0 Å². The summed E-state index contributed by atoms with van der Waals surface area (Å²) in [4.78, 5) is 0. The van der Waals surface area contributed by atoms with Crippen molar-refractivity contribution in [3.63, 3.8) is 0 Å². The van der Waals surface area contributed by atoms with Crippen LogP contribution in [0.3, 0.4) is 0 Å². The fourth-order valence-electron chi connectivity index (χ4n) is 1.14. The molecule has 0 radical (unpaired) electrons. The molecule has 0 bridgehead atoms. The number of furan rings is 1. The van der Waals surface area contributed by atoms with Crippen molar-refractivity contribution in [1.82, 2.24) is 10.2 Å². The molecule has 4 nitrogen and oxygen atoms in total. The van der Waals surface area contributed by atoms with E-state index in [4.69, 9.17) is 21.8 Å². The van der Waals surface area contributed by atoms with Crippen LogP contribution in [0.15, 0.2) is 16.5 Å². The number of rotatable bonds is 4. The average Bonchev–Trinajstić information content (AvgIpc) is 2.83. The molecule has 0 saturated heterocycles. The molecule has 0 unspecified atom stereocenters. The normalized spacial score (nSPS) is 10.8. The molecular weight excluding hydrogens is 234 g/mol. The highest BCUT2D eigenvalue weighted by Crippen LogP contribution is 2.27. The minimum atomic E-state index is 0.365. The topological polar surface area (TPSA) is 64.9 Å². The van der Waals surface area contributed by atoms with Gasteiger partial charge < -0.3 is 10.2 Å². The maximum Gasteiger partial charge on any atom is 0.194 e. The van der Waals surface area contributed by atoms with Crippen molar-refractivity contribution in [1.29, 1.82) is 0 Å². The van der Waals surface area contributed by atoms with Crippen LogP contribution in [-0.2, 0) is 6.42 Å². The summed E-state index contributed by atoms with van der Waals surface area (Å²) in [6.45, 7) is 0.668. The predicted molar refractivity (Wildman–Crippen MR) is 60.0 cm³/mol. The van der Waals surface area contributed by atoms with Gasteiger partial charge in [-0.05, 0) is 36.7 Å². The first-order chi connectivity index (χ1) is 7.29. The summed E-state index contributed by atoms with van der Waals surface area (Å²) in [5.41, 5.74) is 5.42. The fourth-order valence-corrected chi connectivity index (χ4v) is 2.13. The average molecular weight is 244 g/mol. The Hall–Kier alpha value is -0.910. The lowest BCUT2D eigenvalue weighted by Crippen LogP contribution is -1.99. The quantitative estimate of drug-likeness (QED) is 0.895. The summed E-state index contributed by atoms with van der Waals surface area (Å²) in [5, 5.41) is 10.2. The molecule has 0 spiro atoms. The number of halogens is 1. The summed E-state index contributed by atoms with van der Waals surface area (Å²) in [6.07, 6.45) is 1.79. The van der Waals surface area contributed by atoms with Gasteiger partial charge in [-0.3, -0.25) is 0 Å². The molecular formula is C9H10ClN3OS. The molecule has 2 aromatic rings. The fraction of sp³-hybridized carbons (Fsp3) is 0.333. The van der Waals surface area contributed by atoms with Crippen molar-refractivity contribution in [3.8, 4) is 10.8 Å². The molecule has 2 heterocycles. The number of nitrogens with two attached hydrogens (primary N) is 1. The van der Waals surface area contributed by atoms with Crippen LogP contribution in [0.25, 0.3) is 10.8 Å². The Kier molecular flexibility index (Phi) is 3.35. The number of aryl methyl sites for hydroxylation is 1. The highest BCUT2D eigenvalue weighted by molar-refractivity contribution is 7.14. The third-order valence-corrected chi connectivity index (χ3v) is 3.05. The molecule has 0 fully saturated rings. The van der Waals surface area contributed by atoms with E-state index in [2.05, 4.69) is 10.2 Å². The van der Waals surface area contributed by atoms with Gasteiger partial charge in [-0.25, -0.2) is 0 Å². The van der Waals surface area contributed by atoms with E-state index in [0.717, 1.165) is 22.9 Å². The lowest BCUT2D eigenvalue weighted by molar-refractivity contribution is 0.583. The molecule has 15 heavy (non-hydrogen) atoms. The van der Waals surface area contributed by atoms with Crippen LogP contribution in [0.5, 0.6) is 0 Å². The summed E-state index contributed by atoms with van der Waals surface area (Å²) in [7, 11) is 0. The number of hydrogen-bond acceptors (Lipinski definition) is 5. The van der Waals surface area contributed by atoms with E-state index in [9.17, 15) is 0 Å². The molecule has 2 aromatic heterocycles. The number of nitrogens with zero attached hydrogens (tertiary/aromatic N) is 2. The zero-order valence-corrected chi connectivity index (χ0v) is 9.51. The maximum absolute atomic E-state index is 5.67. The maximum atomic E-state index is 5.67. The molecule has 2 N–H and O–H groups in total. The van der Waals surface area contributed by atoms with Crippen molar-refractivity contribution >= 4 is 22.9 Å². The minimum Gasteiger partial charge on any atom is -0.442 e. The molecule has 80 valence electrons. The highest BCUT2D eigenvalue weighted by atomic mass is 35.5. The lowest BCUT2D eigenvalue weighted by Gasteiger charge is -1.89.